The maximum atomic E-state index is 5.27. The van der Waals surface area contributed by atoms with Gasteiger partial charge >= 0.3 is 0 Å². The summed E-state index contributed by atoms with van der Waals surface area (Å²) in [4.78, 5) is 5.15. The molecule has 5 heteroatoms. The van der Waals surface area contributed by atoms with Crippen molar-refractivity contribution in [2.24, 2.45) is 16.5 Å². The van der Waals surface area contributed by atoms with E-state index in [9.17, 15) is 0 Å². The number of aliphatic imine (C=N–C) groups is 1. The number of fused-ring (bicyclic) bond motifs is 1. The van der Waals surface area contributed by atoms with Gasteiger partial charge in [0.05, 0.1) is 6.54 Å². The van der Waals surface area contributed by atoms with Crippen molar-refractivity contribution in [3.63, 3.8) is 0 Å². The lowest BCUT2D eigenvalue weighted by atomic mass is 10.2. The van der Waals surface area contributed by atoms with Crippen molar-refractivity contribution in [2.45, 2.75) is 6.54 Å². The zero-order chi connectivity index (χ0) is 9.97. The van der Waals surface area contributed by atoms with Gasteiger partial charge in [0, 0.05) is 9.58 Å². The zero-order valence-electron chi connectivity index (χ0n) is 8.01. The molecule has 0 spiro atoms. The number of rotatable bonds is 2. The quantitative estimate of drug-likeness (QED) is 0.625. The van der Waals surface area contributed by atoms with E-state index < -0.39 is 0 Å². The molecule has 0 aliphatic carbocycles. The van der Waals surface area contributed by atoms with Crippen molar-refractivity contribution in [2.75, 3.05) is 0 Å². The third-order valence-electron chi connectivity index (χ3n) is 1.89. The number of guanidine groups is 1. The van der Waals surface area contributed by atoms with Crippen LogP contribution in [0.5, 0.6) is 0 Å². The summed E-state index contributed by atoms with van der Waals surface area (Å²) < 4.78 is 1.27. The number of hydrogen-bond acceptors (Lipinski definition) is 2. The molecule has 0 fully saturated rings. The third kappa shape index (κ3) is 2.84. The molecule has 1 aromatic carbocycles. The van der Waals surface area contributed by atoms with Crippen LogP contribution in [-0.4, -0.2) is 5.96 Å². The summed E-state index contributed by atoms with van der Waals surface area (Å²) in [6, 6.07) is 10.4. The Morgan fingerprint density at radius 2 is 2.00 bits per heavy atom. The molecule has 80 valence electrons. The predicted octanol–water partition coefficient (Wildman–Crippen LogP) is 2.10. The molecule has 0 aliphatic rings. The van der Waals surface area contributed by atoms with Crippen LogP contribution in [0.15, 0.2) is 35.3 Å². The molecule has 0 atom stereocenters. The number of nitrogens with two attached hydrogens (primary N) is 2. The molecule has 0 amide bonds. The number of hydrogen-bond donors (Lipinski definition) is 2. The molecule has 1 heterocycles. The second-order valence-corrected chi connectivity index (χ2v) is 4.16. The minimum absolute atomic E-state index is 0. The van der Waals surface area contributed by atoms with Crippen molar-refractivity contribution in [3.05, 3.63) is 35.2 Å². The standard InChI is InChI=1S/C10H11N3S.ClH/c11-10(12)13-6-8-5-7-3-1-2-4-9(7)14-8;/h1-5H,6H2,(H4,11,12,13);1H. The fraction of sp³-hybridized carbons (Fsp3) is 0.100. The maximum absolute atomic E-state index is 5.27. The highest BCUT2D eigenvalue weighted by atomic mass is 35.5. The van der Waals surface area contributed by atoms with Crippen molar-refractivity contribution in [1.29, 1.82) is 0 Å². The average molecular weight is 242 g/mol. The molecule has 0 saturated carbocycles. The summed E-state index contributed by atoms with van der Waals surface area (Å²) in [6.45, 7) is 0.571. The van der Waals surface area contributed by atoms with Crippen LogP contribution < -0.4 is 11.5 Å². The summed E-state index contributed by atoms with van der Waals surface area (Å²) in [7, 11) is 0. The predicted molar refractivity (Wildman–Crippen MR) is 68.6 cm³/mol. The molecule has 0 unspecified atom stereocenters. The van der Waals surface area contributed by atoms with Gasteiger partial charge < -0.3 is 11.5 Å². The maximum Gasteiger partial charge on any atom is 0.186 e. The number of thiophene rings is 1. The van der Waals surface area contributed by atoms with E-state index in [1.807, 2.05) is 12.1 Å². The van der Waals surface area contributed by atoms with Gasteiger partial charge in [0.2, 0.25) is 0 Å². The Morgan fingerprint density at radius 3 is 2.67 bits per heavy atom. The number of benzene rings is 1. The van der Waals surface area contributed by atoms with Crippen LogP contribution in [0.1, 0.15) is 4.88 Å². The van der Waals surface area contributed by atoms with Gasteiger partial charge in [-0.15, -0.1) is 23.7 Å². The molecule has 2 rings (SSSR count). The van der Waals surface area contributed by atoms with Gasteiger partial charge in [0.15, 0.2) is 5.96 Å². The van der Waals surface area contributed by atoms with E-state index in [4.69, 9.17) is 11.5 Å². The summed E-state index contributed by atoms with van der Waals surface area (Å²) in [5, 5.41) is 1.25. The van der Waals surface area contributed by atoms with E-state index in [2.05, 4.69) is 23.2 Å². The first-order valence-electron chi connectivity index (χ1n) is 4.28. The van der Waals surface area contributed by atoms with Gasteiger partial charge in [-0.2, -0.15) is 0 Å². The molecule has 3 nitrogen and oxygen atoms in total. The number of nitrogens with zero attached hydrogens (tertiary/aromatic N) is 1. The largest absolute Gasteiger partial charge is 0.370 e. The van der Waals surface area contributed by atoms with Gasteiger partial charge in [0.25, 0.3) is 0 Å². The molecule has 1 aromatic heterocycles. The summed E-state index contributed by atoms with van der Waals surface area (Å²) in [5.74, 6) is 0.141. The summed E-state index contributed by atoms with van der Waals surface area (Å²) >= 11 is 1.72. The van der Waals surface area contributed by atoms with E-state index in [1.165, 1.54) is 15.0 Å². The van der Waals surface area contributed by atoms with Crippen molar-refractivity contribution in [3.8, 4) is 0 Å². The minimum atomic E-state index is 0. The van der Waals surface area contributed by atoms with Gasteiger partial charge in [0.1, 0.15) is 0 Å². The smallest absolute Gasteiger partial charge is 0.186 e. The lowest BCUT2D eigenvalue weighted by Crippen LogP contribution is -2.22. The molecule has 15 heavy (non-hydrogen) atoms. The lowest BCUT2D eigenvalue weighted by Gasteiger charge is -1.89. The van der Waals surface area contributed by atoms with Gasteiger partial charge in [-0.05, 0) is 17.5 Å². The topological polar surface area (TPSA) is 64.4 Å². The van der Waals surface area contributed by atoms with Gasteiger partial charge in [-0.3, -0.25) is 0 Å². The molecule has 0 saturated heterocycles. The number of halogens is 1. The Hall–Kier alpha value is -1.26. The van der Waals surface area contributed by atoms with Crippen LogP contribution >= 0.6 is 23.7 Å². The first-order chi connectivity index (χ1) is 6.75. The lowest BCUT2D eigenvalue weighted by molar-refractivity contribution is 1.09. The Kier molecular flexibility index (Phi) is 3.94. The normalized spacial score (nSPS) is 9.60. The second kappa shape index (κ2) is 5.00. The first kappa shape index (κ1) is 11.8. The van der Waals surface area contributed by atoms with Crippen molar-refractivity contribution >= 4 is 39.8 Å². The third-order valence-corrected chi connectivity index (χ3v) is 2.99. The fourth-order valence-corrected chi connectivity index (χ4v) is 2.27. The molecule has 2 aromatic rings. The van der Waals surface area contributed by atoms with Crippen LogP contribution in [0.4, 0.5) is 0 Å². The van der Waals surface area contributed by atoms with Crippen LogP contribution in [0.2, 0.25) is 0 Å². The highest BCUT2D eigenvalue weighted by Gasteiger charge is 1.99. The van der Waals surface area contributed by atoms with Gasteiger partial charge in [-0.25, -0.2) is 4.99 Å². The summed E-state index contributed by atoms with van der Waals surface area (Å²) in [6.07, 6.45) is 0. The highest BCUT2D eigenvalue weighted by molar-refractivity contribution is 7.19. The van der Waals surface area contributed by atoms with E-state index in [1.54, 1.807) is 11.3 Å². The average Bonchev–Trinajstić information content (AvgIpc) is 2.57. The molecule has 0 bridgehead atoms. The Labute approximate surface area is 98.2 Å². The van der Waals surface area contributed by atoms with Crippen LogP contribution in [-0.2, 0) is 6.54 Å². The highest BCUT2D eigenvalue weighted by Crippen LogP contribution is 2.25. The van der Waals surface area contributed by atoms with E-state index in [-0.39, 0.29) is 18.4 Å². The monoisotopic (exact) mass is 241 g/mol. The fourth-order valence-electron chi connectivity index (χ4n) is 1.28. The molecular formula is C10H12ClN3S. The van der Waals surface area contributed by atoms with Crippen molar-refractivity contribution in [1.82, 2.24) is 0 Å². The zero-order valence-corrected chi connectivity index (χ0v) is 9.65. The van der Waals surface area contributed by atoms with Gasteiger partial charge in [-0.1, -0.05) is 18.2 Å². The van der Waals surface area contributed by atoms with E-state index in [0.29, 0.717) is 6.54 Å². The molecule has 0 radical (unpaired) electrons. The molecular weight excluding hydrogens is 230 g/mol. The van der Waals surface area contributed by atoms with E-state index >= 15 is 0 Å². The second-order valence-electron chi connectivity index (χ2n) is 2.99. The molecule has 4 N–H and O–H groups in total. The SMILES string of the molecule is Cl.NC(N)=NCc1cc2ccccc2s1. The minimum Gasteiger partial charge on any atom is -0.370 e. The van der Waals surface area contributed by atoms with Crippen molar-refractivity contribution < 1.29 is 0 Å². The van der Waals surface area contributed by atoms with Crippen LogP contribution in [0, 0.1) is 0 Å². The first-order valence-corrected chi connectivity index (χ1v) is 5.10. The van der Waals surface area contributed by atoms with E-state index in [0.717, 1.165) is 0 Å². The van der Waals surface area contributed by atoms with Crippen LogP contribution in [0.25, 0.3) is 10.1 Å². The Bertz CT molecular complexity index is 441. The Balaban J connectivity index is 0.00000112. The van der Waals surface area contributed by atoms with Crippen LogP contribution in [0.3, 0.4) is 0 Å². The Morgan fingerprint density at radius 1 is 1.27 bits per heavy atom. The summed E-state index contributed by atoms with van der Waals surface area (Å²) in [5.41, 5.74) is 10.5. The molecule has 0 aliphatic heterocycles.